The molecule has 2 fully saturated rings. The molecule has 0 amide bonds. The number of ether oxygens (including phenoxy) is 2. The second kappa shape index (κ2) is 15.1. The Kier molecular flexibility index (Phi) is 11.0. The molecular weight excluding hydrogens is 578 g/mol. The maximum absolute atomic E-state index is 12.5. The van der Waals surface area contributed by atoms with Crippen LogP contribution in [-0.4, -0.2) is 35.2 Å². The van der Waals surface area contributed by atoms with E-state index in [0.717, 1.165) is 89.5 Å². The van der Waals surface area contributed by atoms with Crippen molar-refractivity contribution >= 4 is 27.6 Å². The fourth-order valence-corrected chi connectivity index (χ4v) is 7.16. The number of benzene rings is 2. The number of hydrogen-bond donors (Lipinski definition) is 1. The van der Waals surface area contributed by atoms with Crippen molar-refractivity contribution in [2.24, 2.45) is 17.6 Å². The number of Topliss-reactive ketones (excluding diaryl/α,β-unsaturated/α-hetero) is 1. The van der Waals surface area contributed by atoms with Crippen LogP contribution in [0.4, 0.5) is 0 Å². The van der Waals surface area contributed by atoms with Crippen molar-refractivity contribution in [1.29, 1.82) is 0 Å². The number of carbonyl (C=O) groups is 1. The summed E-state index contributed by atoms with van der Waals surface area (Å²) < 4.78 is 14.4. The van der Waals surface area contributed by atoms with E-state index in [9.17, 15) is 14.4 Å². The van der Waals surface area contributed by atoms with Gasteiger partial charge in [0.15, 0.2) is 0 Å². The first-order valence-electron chi connectivity index (χ1n) is 16.8. The number of aromatic nitrogens is 2. The van der Waals surface area contributed by atoms with Gasteiger partial charge in [-0.05, 0) is 112 Å². The molecule has 8 nitrogen and oxygen atoms in total. The quantitative estimate of drug-likeness (QED) is 0.233. The molecule has 2 aromatic carbocycles. The third-order valence-electron chi connectivity index (χ3n) is 10.1. The van der Waals surface area contributed by atoms with E-state index in [4.69, 9.17) is 15.2 Å². The molecule has 0 bridgehead atoms. The largest absolute Gasteiger partial charge is 0.497 e. The van der Waals surface area contributed by atoms with E-state index >= 15 is 0 Å². The number of fused-ring (bicyclic) bond motifs is 2. The van der Waals surface area contributed by atoms with Gasteiger partial charge < -0.3 is 24.3 Å². The van der Waals surface area contributed by atoms with Gasteiger partial charge in [0.1, 0.15) is 17.3 Å². The van der Waals surface area contributed by atoms with Crippen molar-refractivity contribution in [3.63, 3.8) is 0 Å². The van der Waals surface area contributed by atoms with Crippen LogP contribution in [0.1, 0.15) is 75.3 Å². The van der Waals surface area contributed by atoms with Crippen LogP contribution in [0.15, 0.2) is 58.1 Å². The van der Waals surface area contributed by atoms with E-state index in [1.165, 1.54) is 12.8 Å². The summed E-state index contributed by atoms with van der Waals surface area (Å²) in [7, 11) is 3.29. The first kappa shape index (κ1) is 33.5. The van der Waals surface area contributed by atoms with Crippen molar-refractivity contribution in [3.8, 4) is 11.5 Å². The third-order valence-corrected chi connectivity index (χ3v) is 10.1. The molecular formula is C38H49N3O5. The summed E-state index contributed by atoms with van der Waals surface area (Å²) in [4.78, 5) is 36.3. The van der Waals surface area contributed by atoms with Crippen LogP contribution < -0.4 is 26.3 Å². The molecule has 0 atom stereocenters. The van der Waals surface area contributed by atoms with Crippen LogP contribution in [0.25, 0.3) is 21.8 Å². The summed E-state index contributed by atoms with van der Waals surface area (Å²) in [5.41, 5.74) is 10.0. The Morgan fingerprint density at radius 2 is 1.09 bits per heavy atom. The summed E-state index contributed by atoms with van der Waals surface area (Å²) in [5, 5.41) is 2.21. The predicted molar refractivity (Wildman–Crippen MR) is 185 cm³/mol. The lowest BCUT2D eigenvalue weighted by Crippen LogP contribution is -2.28. The van der Waals surface area contributed by atoms with Crippen LogP contribution >= 0.6 is 0 Å². The van der Waals surface area contributed by atoms with Crippen molar-refractivity contribution in [1.82, 2.24) is 9.13 Å². The van der Waals surface area contributed by atoms with Gasteiger partial charge in [-0.25, -0.2) is 0 Å². The zero-order valence-corrected chi connectivity index (χ0v) is 27.8. The van der Waals surface area contributed by atoms with Crippen molar-refractivity contribution in [2.45, 2.75) is 97.2 Å². The Bertz CT molecular complexity index is 1790. The van der Waals surface area contributed by atoms with Gasteiger partial charge in [-0.15, -0.1) is 0 Å². The normalized spacial score (nSPS) is 18.8. The van der Waals surface area contributed by atoms with Crippen LogP contribution in [0.3, 0.4) is 0 Å². The van der Waals surface area contributed by atoms with E-state index in [-0.39, 0.29) is 11.1 Å². The Balaban J connectivity index is 0.000000181. The summed E-state index contributed by atoms with van der Waals surface area (Å²) in [6.07, 6.45) is 9.89. The number of nitrogens with zero attached hydrogens (tertiary/aromatic N) is 2. The number of nitrogens with two attached hydrogens (primary N) is 1. The molecule has 2 N–H and O–H groups in total. The molecule has 2 aliphatic rings. The van der Waals surface area contributed by atoms with Crippen molar-refractivity contribution in [2.75, 3.05) is 14.2 Å². The molecule has 2 aromatic heterocycles. The fourth-order valence-electron chi connectivity index (χ4n) is 7.16. The maximum Gasteiger partial charge on any atom is 0.251 e. The Morgan fingerprint density at radius 3 is 1.52 bits per heavy atom. The number of hydrogen-bond acceptors (Lipinski definition) is 6. The summed E-state index contributed by atoms with van der Waals surface area (Å²) in [6, 6.07) is 15.7. The highest BCUT2D eigenvalue weighted by Gasteiger charge is 2.20. The van der Waals surface area contributed by atoms with E-state index in [2.05, 4.69) is 0 Å². The minimum absolute atomic E-state index is 0.0372. The number of rotatable bonds is 8. The van der Waals surface area contributed by atoms with Gasteiger partial charge in [-0.3, -0.25) is 14.4 Å². The zero-order valence-electron chi connectivity index (χ0n) is 27.8. The Labute approximate surface area is 271 Å². The average molecular weight is 628 g/mol. The van der Waals surface area contributed by atoms with E-state index in [0.29, 0.717) is 43.0 Å². The monoisotopic (exact) mass is 627 g/mol. The average Bonchev–Trinajstić information content (AvgIpc) is 3.06. The van der Waals surface area contributed by atoms with E-state index in [1.54, 1.807) is 26.4 Å². The standard InChI is InChI=1S/C19H26N2O2.C19H23NO3/c1-13-11-19(22)21(10-9-14-3-5-15(20)6-4-14)18-12-16(23-2)7-8-17(13)18;1-13-11-19(22)20(10-9-14-3-5-15(21)6-4-14)18-12-16(23-2)7-8-17(13)18/h7-8,11-12,14-15H,3-6,9-10,20H2,1-2H3;7-8,11-12,14H,3-6,9-10H2,1-2H3. The lowest BCUT2D eigenvalue weighted by atomic mass is 9.84. The lowest BCUT2D eigenvalue weighted by molar-refractivity contribution is -0.121. The number of pyridine rings is 2. The number of carbonyl (C=O) groups excluding carboxylic acids is 1. The summed E-state index contributed by atoms with van der Waals surface area (Å²) in [6.45, 7) is 5.42. The molecule has 246 valence electrons. The van der Waals surface area contributed by atoms with Crippen molar-refractivity contribution < 1.29 is 14.3 Å². The highest BCUT2D eigenvalue weighted by atomic mass is 16.5. The minimum Gasteiger partial charge on any atom is -0.497 e. The van der Waals surface area contributed by atoms with Gasteiger partial charge in [0.2, 0.25) is 0 Å². The van der Waals surface area contributed by atoms with Gasteiger partial charge in [0, 0.05) is 67.0 Å². The number of aryl methyl sites for hydroxylation is 4. The second-order valence-corrected chi connectivity index (χ2v) is 13.2. The molecule has 46 heavy (non-hydrogen) atoms. The van der Waals surface area contributed by atoms with Crippen LogP contribution in [0.5, 0.6) is 11.5 Å². The molecule has 8 heteroatoms. The van der Waals surface area contributed by atoms with Gasteiger partial charge in [-0.2, -0.15) is 0 Å². The number of methoxy groups -OCH3 is 2. The second-order valence-electron chi connectivity index (χ2n) is 13.2. The van der Waals surface area contributed by atoms with Gasteiger partial charge in [-0.1, -0.05) is 0 Å². The Morgan fingerprint density at radius 1 is 0.652 bits per heavy atom. The molecule has 2 saturated carbocycles. The molecule has 0 unspecified atom stereocenters. The minimum atomic E-state index is 0.0372. The molecule has 6 rings (SSSR count). The molecule has 4 aromatic rings. The molecule has 0 saturated heterocycles. The first-order chi connectivity index (χ1) is 22.2. The molecule has 0 spiro atoms. The number of ketones is 1. The summed E-state index contributed by atoms with van der Waals surface area (Å²) >= 11 is 0. The Hall–Kier alpha value is -3.91. The SMILES string of the molecule is COc1ccc2c(C)cc(=O)n(CCC3CCC(=O)CC3)c2c1.COc1ccc2c(C)cc(=O)n(CCC3CCC(N)CC3)c2c1. The molecule has 2 heterocycles. The topological polar surface area (TPSA) is 106 Å². The smallest absolute Gasteiger partial charge is 0.251 e. The van der Waals surface area contributed by atoms with E-state index < -0.39 is 0 Å². The maximum atomic E-state index is 12.5. The third kappa shape index (κ3) is 7.89. The predicted octanol–water partition coefficient (Wildman–Crippen LogP) is 6.69. The highest BCUT2D eigenvalue weighted by molar-refractivity contribution is 5.84. The lowest BCUT2D eigenvalue weighted by Gasteiger charge is -2.26. The van der Waals surface area contributed by atoms with Crippen molar-refractivity contribution in [3.05, 3.63) is 80.4 Å². The fraction of sp³-hybridized carbons (Fsp3) is 0.500. The molecule has 0 aliphatic heterocycles. The van der Waals surface area contributed by atoms with Crippen LogP contribution in [0, 0.1) is 25.7 Å². The van der Waals surface area contributed by atoms with Gasteiger partial charge in [0.05, 0.1) is 25.3 Å². The van der Waals surface area contributed by atoms with Crippen LogP contribution in [0.2, 0.25) is 0 Å². The van der Waals surface area contributed by atoms with E-state index in [1.807, 2.05) is 59.4 Å². The van der Waals surface area contributed by atoms with Gasteiger partial charge >= 0.3 is 0 Å². The summed E-state index contributed by atoms with van der Waals surface area (Å²) in [5.74, 6) is 3.16. The van der Waals surface area contributed by atoms with Crippen LogP contribution in [-0.2, 0) is 17.9 Å². The zero-order chi connectivity index (χ0) is 32.8. The first-order valence-corrected chi connectivity index (χ1v) is 16.8. The molecule has 2 aliphatic carbocycles. The highest BCUT2D eigenvalue weighted by Crippen LogP contribution is 2.29. The van der Waals surface area contributed by atoms with Gasteiger partial charge in [0.25, 0.3) is 11.1 Å². The molecule has 0 radical (unpaired) electrons.